The highest BCUT2D eigenvalue weighted by Gasteiger charge is 2.24. The second kappa shape index (κ2) is 8.08. The second-order valence-corrected chi connectivity index (χ2v) is 7.02. The zero-order valence-corrected chi connectivity index (χ0v) is 15.8. The molecule has 1 aromatic carbocycles. The number of benzene rings is 1. The Bertz CT molecular complexity index is 964. The van der Waals surface area contributed by atoms with Crippen LogP contribution in [0.3, 0.4) is 0 Å². The van der Waals surface area contributed by atoms with Gasteiger partial charge in [0.15, 0.2) is 0 Å². The monoisotopic (exact) mass is 382 g/mol. The molecule has 1 saturated heterocycles. The van der Waals surface area contributed by atoms with E-state index in [4.69, 9.17) is 4.74 Å². The van der Waals surface area contributed by atoms with E-state index < -0.39 is 0 Å². The van der Waals surface area contributed by atoms with Crippen LogP contribution in [0.4, 0.5) is 4.39 Å². The zero-order valence-electron chi connectivity index (χ0n) is 15.8. The van der Waals surface area contributed by atoms with Gasteiger partial charge in [-0.2, -0.15) is 0 Å². The third kappa shape index (κ3) is 4.05. The van der Waals surface area contributed by atoms with Crippen LogP contribution in [0.15, 0.2) is 48.8 Å². The van der Waals surface area contributed by atoms with Crippen LogP contribution in [0.25, 0.3) is 5.65 Å². The molecular weight excluding hydrogens is 359 g/mol. The predicted octanol–water partition coefficient (Wildman–Crippen LogP) is 2.59. The van der Waals surface area contributed by atoms with Crippen molar-refractivity contribution in [3.8, 4) is 0 Å². The van der Waals surface area contributed by atoms with Crippen molar-refractivity contribution in [1.29, 1.82) is 0 Å². The van der Waals surface area contributed by atoms with Crippen molar-refractivity contribution in [2.24, 2.45) is 0 Å². The average Bonchev–Trinajstić information content (AvgIpc) is 3.13. The van der Waals surface area contributed by atoms with Gasteiger partial charge in [0, 0.05) is 32.0 Å². The van der Waals surface area contributed by atoms with Crippen LogP contribution < -0.4 is 5.32 Å². The van der Waals surface area contributed by atoms with E-state index >= 15 is 0 Å². The van der Waals surface area contributed by atoms with Crippen molar-refractivity contribution < 1.29 is 13.9 Å². The number of aryl methyl sites for hydroxylation is 1. The van der Waals surface area contributed by atoms with E-state index in [1.54, 1.807) is 18.3 Å². The summed E-state index contributed by atoms with van der Waals surface area (Å²) in [4.78, 5) is 19.4. The van der Waals surface area contributed by atoms with Gasteiger partial charge in [0.2, 0.25) is 0 Å². The van der Waals surface area contributed by atoms with E-state index in [-0.39, 0.29) is 17.8 Å². The van der Waals surface area contributed by atoms with E-state index in [0.29, 0.717) is 25.5 Å². The van der Waals surface area contributed by atoms with Gasteiger partial charge < -0.3 is 14.5 Å². The van der Waals surface area contributed by atoms with Gasteiger partial charge in [-0.15, -0.1) is 0 Å². The third-order valence-corrected chi connectivity index (χ3v) is 5.05. The maximum Gasteiger partial charge on any atom is 0.271 e. The molecule has 3 heterocycles. The number of halogens is 1. The summed E-state index contributed by atoms with van der Waals surface area (Å²) in [6.07, 6.45) is 3.62. The lowest BCUT2D eigenvalue weighted by molar-refractivity contribution is 0.0162. The lowest BCUT2D eigenvalue weighted by atomic mass is 10.0. The number of pyridine rings is 1. The van der Waals surface area contributed by atoms with Crippen LogP contribution in [0.1, 0.15) is 27.7 Å². The Labute approximate surface area is 162 Å². The van der Waals surface area contributed by atoms with E-state index in [1.165, 1.54) is 12.1 Å². The molecule has 1 aliphatic heterocycles. The number of ether oxygens (including phenoxy) is 1. The smallest absolute Gasteiger partial charge is 0.271 e. The number of nitrogens with one attached hydrogen (secondary N) is 1. The molecule has 0 saturated carbocycles. The normalized spacial score (nSPS) is 16.2. The molecule has 3 aromatic rings. The maximum absolute atomic E-state index is 13.3. The van der Waals surface area contributed by atoms with Crippen LogP contribution in [0.2, 0.25) is 0 Å². The molecule has 0 spiro atoms. The van der Waals surface area contributed by atoms with Gasteiger partial charge >= 0.3 is 0 Å². The van der Waals surface area contributed by atoms with E-state index in [9.17, 15) is 9.18 Å². The topological polar surface area (TPSA) is 58.9 Å². The number of imidazole rings is 1. The Morgan fingerprint density at radius 2 is 2.00 bits per heavy atom. The number of carbonyl (C=O) groups is 1. The molecule has 1 N–H and O–H groups in total. The Morgan fingerprint density at radius 3 is 2.75 bits per heavy atom. The number of fused-ring (bicyclic) bond motifs is 1. The van der Waals surface area contributed by atoms with E-state index in [0.717, 1.165) is 29.9 Å². The van der Waals surface area contributed by atoms with Crippen LogP contribution in [-0.2, 0) is 4.74 Å². The number of morpholine rings is 1. The highest BCUT2D eigenvalue weighted by molar-refractivity contribution is 5.92. The van der Waals surface area contributed by atoms with Crippen LogP contribution in [0, 0.1) is 12.7 Å². The number of hydrogen-bond donors (Lipinski definition) is 1. The minimum atomic E-state index is -0.270. The highest BCUT2D eigenvalue weighted by atomic mass is 19.1. The number of carbonyl (C=O) groups excluding carboxylic acids is 1. The number of amides is 1. The molecule has 1 aliphatic rings. The number of nitrogens with zero attached hydrogens (tertiary/aromatic N) is 3. The summed E-state index contributed by atoms with van der Waals surface area (Å²) in [5, 5.41) is 2.99. The summed E-state index contributed by atoms with van der Waals surface area (Å²) < 4.78 is 20.6. The molecule has 1 atom stereocenters. The second-order valence-electron chi connectivity index (χ2n) is 7.02. The number of aromatic nitrogens is 2. The van der Waals surface area contributed by atoms with Gasteiger partial charge in [-0.1, -0.05) is 12.1 Å². The first-order valence-corrected chi connectivity index (χ1v) is 9.41. The minimum Gasteiger partial charge on any atom is -0.379 e. The number of hydrogen-bond acceptors (Lipinski definition) is 4. The molecule has 2 aromatic heterocycles. The fraction of sp³-hybridized carbons (Fsp3) is 0.333. The lowest BCUT2D eigenvalue weighted by Gasteiger charge is -2.34. The Hall–Kier alpha value is -2.77. The zero-order chi connectivity index (χ0) is 19.5. The van der Waals surface area contributed by atoms with Crippen molar-refractivity contribution in [3.05, 3.63) is 71.4 Å². The molecule has 1 fully saturated rings. The summed E-state index contributed by atoms with van der Waals surface area (Å²) in [5.41, 5.74) is 3.18. The van der Waals surface area contributed by atoms with Gasteiger partial charge in [-0.05, 0) is 42.3 Å². The van der Waals surface area contributed by atoms with Gasteiger partial charge in [-0.25, -0.2) is 9.37 Å². The summed E-state index contributed by atoms with van der Waals surface area (Å²) in [5.74, 6) is -0.491. The summed E-state index contributed by atoms with van der Waals surface area (Å²) in [6, 6.07) is 10.3. The highest BCUT2D eigenvalue weighted by Crippen LogP contribution is 2.22. The molecule has 4 rings (SSSR count). The molecule has 0 bridgehead atoms. The largest absolute Gasteiger partial charge is 0.379 e. The Balaban J connectivity index is 1.50. The molecule has 6 nitrogen and oxygen atoms in total. The fourth-order valence-electron chi connectivity index (χ4n) is 3.50. The predicted molar refractivity (Wildman–Crippen MR) is 104 cm³/mol. The Kier molecular flexibility index (Phi) is 5.36. The molecule has 146 valence electrons. The maximum atomic E-state index is 13.3. The number of rotatable bonds is 5. The summed E-state index contributed by atoms with van der Waals surface area (Å²) in [6.45, 7) is 5.24. The first-order chi connectivity index (χ1) is 13.6. The molecule has 28 heavy (non-hydrogen) atoms. The van der Waals surface area contributed by atoms with Crippen LogP contribution in [-0.4, -0.2) is 53.0 Å². The lowest BCUT2D eigenvalue weighted by Crippen LogP contribution is -2.43. The first kappa shape index (κ1) is 18.6. The van der Waals surface area contributed by atoms with Crippen molar-refractivity contribution in [3.63, 3.8) is 0 Å². The van der Waals surface area contributed by atoms with E-state index in [1.807, 2.05) is 29.7 Å². The van der Waals surface area contributed by atoms with Crippen LogP contribution in [0.5, 0.6) is 0 Å². The molecule has 0 radical (unpaired) electrons. The van der Waals surface area contributed by atoms with Gasteiger partial charge in [0.05, 0.1) is 19.3 Å². The quantitative estimate of drug-likeness (QED) is 0.737. The SMILES string of the molecule is Cc1ccn2cc(C(=O)NC[C@@H](c3ccc(F)cc3)N3CCOCC3)nc2c1. The average molecular weight is 382 g/mol. The van der Waals surface area contributed by atoms with Crippen molar-refractivity contribution in [2.45, 2.75) is 13.0 Å². The summed E-state index contributed by atoms with van der Waals surface area (Å²) >= 11 is 0. The third-order valence-electron chi connectivity index (χ3n) is 5.05. The molecule has 0 aliphatic carbocycles. The van der Waals surface area contributed by atoms with Crippen LogP contribution >= 0.6 is 0 Å². The molecule has 1 amide bonds. The van der Waals surface area contributed by atoms with Crippen molar-refractivity contribution in [2.75, 3.05) is 32.8 Å². The standard InChI is InChI=1S/C21H23FN4O2/c1-15-6-7-26-14-18(24-20(26)12-15)21(27)23-13-19(25-8-10-28-11-9-25)16-2-4-17(22)5-3-16/h2-7,12,14,19H,8-11,13H2,1H3,(H,23,27)/t19-/m0/s1. The van der Waals surface area contributed by atoms with Gasteiger partial charge in [0.25, 0.3) is 5.91 Å². The van der Waals surface area contributed by atoms with Crippen molar-refractivity contribution in [1.82, 2.24) is 19.6 Å². The van der Waals surface area contributed by atoms with Gasteiger partial charge in [0.1, 0.15) is 17.2 Å². The molecule has 7 heteroatoms. The first-order valence-electron chi connectivity index (χ1n) is 9.41. The Morgan fingerprint density at radius 1 is 1.25 bits per heavy atom. The fourth-order valence-corrected chi connectivity index (χ4v) is 3.50. The summed E-state index contributed by atoms with van der Waals surface area (Å²) in [7, 11) is 0. The van der Waals surface area contributed by atoms with E-state index in [2.05, 4.69) is 15.2 Å². The molecule has 0 unspecified atom stereocenters. The van der Waals surface area contributed by atoms with Crippen molar-refractivity contribution >= 4 is 11.6 Å². The molecular formula is C21H23FN4O2. The minimum absolute atomic E-state index is 0.0484. The van der Waals surface area contributed by atoms with Gasteiger partial charge in [-0.3, -0.25) is 9.69 Å².